The zero-order chi connectivity index (χ0) is 32.4. The fourth-order valence-electron chi connectivity index (χ4n) is 7.94. The van der Waals surface area contributed by atoms with Crippen LogP contribution in [0.1, 0.15) is 46.0 Å². The molecule has 1 aliphatic carbocycles. The summed E-state index contributed by atoms with van der Waals surface area (Å²) in [6, 6.07) is 55.1. The zero-order valence-corrected chi connectivity index (χ0v) is 26.6. The molecule has 3 heterocycles. The van der Waals surface area contributed by atoms with E-state index in [2.05, 4.69) is 127 Å². The Morgan fingerprint density at radius 3 is 1.86 bits per heavy atom. The molecule has 0 radical (unpaired) electrons. The number of rotatable bonds is 4. The van der Waals surface area contributed by atoms with Crippen molar-refractivity contribution in [3.8, 4) is 45.3 Å². The van der Waals surface area contributed by atoms with Crippen molar-refractivity contribution in [2.45, 2.75) is 17.9 Å². The summed E-state index contributed by atoms with van der Waals surface area (Å²) in [4.78, 5) is 10.0. The van der Waals surface area contributed by atoms with Gasteiger partial charge < -0.3 is 9.47 Å². The van der Waals surface area contributed by atoms with Gasteiger partial charge in [-0.2, -0.15) is 0 Å². The summed E-state index contributed by atoms with van der Waals surface area (Å²) in [5.41, 5.74) is 11.6. The van der Waals surface area contributed by atoms with Crippen molar-refractivity contribution in [1.29, 1.82) is 0 Å². The lowest BCUT2D eigenvalue weighted by Gasteiger charge is -2.39. The number of para-hydroxylation sites is 1. The van der Waals surface area contributed by atoms with E-state index in [9.17, 15) is 0 Å². The quantitative estimate of drug-likeness (QED) is 0.194. The maximum Gasteiger partial charge on any atom is 0.160 e. The highest BCUT2D eigenvalue weighted by atomic mass is 16.5. The number of ether oxygens (including phenoxy) is 2. The zero-order valence-electron chi connectivity index (χ0n) is 26.6. The van der Waals surface area contributed by atoms with Crippen LogP contribution in [0.3, 0.4) is 0 Å². The summed E-state index contributed by atoms with van der Waals surface area (Å²) in [6.45, 7) is 0. The smallest absolute Gasteiger partial charge is 0.160 e. The van der Waals surface area contributed by atoms with Crippen LogP contribution in [-0.4, -0.2) is 9.97 Å². The molecule has 1 aromatic heterocycles. The first kappa shape index (κ1) is 27.8. The van der Waals surface area contributed by atoms with E-state index >= 15 is 0 Å². The van der Waals surface area contributed by atoms with Crippen LogP contribution in [0.4, 0.5) is 0 Å². The van der Waals surface area contributed by atoms with Crippen molar-refractivity contribution in [2.75, 3.05) is 0 Å². The maximum absolute atomic E-state index is 6.80. The van der Waals surface area contributed by atoms with Gasteiger partial charge in [-0.3, -0.25) is 0 Å². The molecule has 1 atom stereocenters. The third-order valence-corrected chi connectivity index (χ3v) is 10.1. The highest BCUT2D eigenvalue weighted by Gasteiger charge is 2.51. The van der Waals surface area contributed by atoms with Gasteiger partial charge in [-0.05, 0) is 58.7 Å². The highest BCUT2D eigenvalue weighted by molar-refractivity contribution is 5.89. The number of fused-ring (bicyclic) bond motifs is 9. The van der Waals surface area contributed by atoms with E-state index < -0.39 is 5.41 Å². The molecule has 6 aromatic carbocycles. The monoisotopic (exact) mass is 630 g/mol. The standard InChI is InChI=1S/C45H30N2O2/c1-3-13-29(14-4-1)38-28-39(47-44(46-38)30-15-5-2-6-16-30)43-26-25-40(48-43)31-23-24-42-37(27-31)45(36-21-11-12-22-41(36)49-42)34-19-9-7-17-32(34)33-18-8-10-20-35(33)45/h1-25,27-28,43H,26H2. The van der Waals surface area contributed by atoms with Gasteiger partial charge in [-0.25, -0.2) is 9.97 Å². The molecular weight excluding hydrogens is 601 g/mol. The van der Waals surface area contributed by atoms with E-state index in [-0.39, 0.29) is 6.10 Å². The second-order valence-electron chi connectivity index (χ2n) is 12.8. The SMILES string of the molecule is C1=C(c2ccc3c(c2)C2(c4ccccc4O3)c3ccccc3-c3ccccc32)OC(c2cc(-c3ccccc3)nc(-c3ccccc3)n2)C1. The Bertz CT molecular complexity index is 2330. The van der Waals surface area contributed by atoms with Gasteiger partial charge in [0.15, 0.2) is 5.82 Å². The van der Waals surface area contributed by atoms with Gasteiger partial charge in [0, 0.05) is 34.2 Å². The van der Waals surface area contributed by atoms with Crippen LogP contribution in [0.5, 0.6) is 11.5 Å². The van der Waals surface area contributed by atoms with Crippen molar-refractivity contribution < 1.29 is 9.47 Å². The Morgan fingerprint density at radius 1 is 0.510 bits per heavy atom. The van der Waals surface area contributed by atoms with Gasteiger partial charge in [-0.15, -0.1) is 0 Å². The molecule has 1 spiro atoms. The van der Waals surface area contributed by atoms with Crippen molar-refractivity contribution in [1.82, 2.24) is 9.97 Å². The molecule has 232 valence electrons. The third kappa shape index (κ3) is 4.24. The minimum atomic E-state index is -0.520. The lowest BCUT2D eigenvalue weighted by molar-refractivity contribution is 0.190. The summed E-state index contributed by atoms with van der Waals surface area (Å²) < 4.78 is 13.4. The molecule has 0 saturated heterocycles. The first-order valence-electron chi connectivity index (χ1n) is 16.8. The number of aromatic nitrogens is 2. The Hall–Kier alpha value is -6.26. The minimum absolute atomic E-state index is 0.238. The first-order chi connectivity index (χ1) is 24.3. The van der Waals surface area contributed by atoms with Crippen LogP contribution in [0.2, 0.25) is 0 Å². The molecule has 2 aliphatic heterocycles. The summed E-state index contributed by atoms with van der Waals surface area (Å²) in [5, 5.41) is 0. The molecule has 10 rings (SSSR count). The van der Waals surface area contributed by atoms with Gasteiger partial charge >= 0.3 is 0 Å². The van der Waals surface area contributed by atoms with Crippen molar-refractivity contribution in [2.24, 2.45) is 0 Å². The Morgan fingerprint density at radius 2 is 1.12 bits per heavy atom. The maximum atomic E-state index is 6.80. The molecule has 0 bridgehead atoms. The molecule has 0 fully saturated rings. The third-order valence-electron chi connectivity index (χ3n) is 10.1. The van der Waals surface area contributed by atoms with Crippen molar-refractivity contribution in [3.63, 3.8) is 0 Å². The van der Waals surface area contributed by atoms with Crippen LogP contribution >= 0.6 is 0 Å². The summed E-state index contributed by atoms with van der Waals surface area (Å²) in [6.07, 6.45) is 2.67. The largest absolute Gasteiger partial charge is 0.484 e. The second-order valence-corrected chi connectivity index (χ2v) is 12.8. The predicted octanol–water partition coefficient (Wildman–Crippen LogP) is 10.8. The number of hydrogen-bond donors (Lipinski definition) is 0. The lowest BCUT2D eigenvalue weighted by atomic mass is 9.66. The average Bonchev–Trinajstić information content (AvgIpc) is 3.79. The van der Waals surface area contributed by atoms with Crippen molar-refractivity contribution >= 4 is 5.76 Å². The average molecular weight is 631 g/mol. The van der Waals surface area contributed by atoms with Crippen LogP contribution in [-0.2, 0) is 10.2 Å². The molecule has 7 aromatic rings. The lowest BCUT2D eigenvalue weighted by Crippen LogP contribution is -2.32. The van der Waals surface area contributed by atoms with E-state index in [1.54, 1.807) is 0 Å². The summed E-state index contributed by atoms with van der Waals surface area (Å²) >= 11 is 0. The van der Waals surface area contributed by atoms with E-state index in [1.165, 1.54) is 22.3 Å². The Balaban J connectivity index is 1.08. The summed E-state index contributed by atoms with van der Waals surface area (Å²) in [5.74, 6) is 3.29. The fourth-order valence-corrected chi connectivity index (χ4v) is 7.94. The van der Waals surface area contributed by atoms with Gasteiger partial charge in [-0.1, -0.05) is 127 Å². The van der Waals surface area contributed by atoms with Gasteiger partial charge in [0.2, 0.25) is 0 Å². The van der Waals surface area contributed by atoms with Gasteiger partial charge in [0.25, 0.3) is 0 Å². The van der Waals surface area contributed by atoms with Crippen LogP contribution in [0.25, 0.3) is 39.5 Å². The Labute approximate surface area is 285 Å². The Kier molecular flexibility index (Phi) is 6.18. The normalized spacial score (nSPS) is 16.1. The van der Waals surface area contributed by atoms with E-state index in [1.807, 2.05) is 36.4 Å². The minimum Gasteiger partial charge on any atom is -0.484 e. The number of hydrogen-bond acceptors (Lipinski definition) is 4. The van der Waals surface area contributed by atoms with E-state index in [4.69, 9.17) is 19.4 Å². The topological polar surface area (TPSA) is 44.2 Å². The molecule has 0 saturated carbocycles. The van der Waals surface area contributed by atoms with Gasteiger partial charge in [0.1, 0.15) is 23.4 Å². The molecule has 49 heavy (non-hydrogen) atoms. The number of nitrogens with zero attached hydrogens (tertiary/aromatic N) is 2. The molecule has 4 nitrogen and oxygen atoms in total. The molecule has 4 heteroatoms. The molecule has 0 N–H and O–H groups in total. The van der Waals surface area contributed by atoms with Crippen LogP contribution in [0.15, 0.2) is 164 Å². The van der Waals surface area contributed by atoms with E-state index in [0.29, 0.717) is 12.2 Å². The second kappa shape index (κ2) is 10.9. The molecule has 3 aliphatic rings. The van der Waals surface area contributed by atoms with Crippen LogP contribution in [0, 0.1) is 0 Å². The van der Waals surface area contributed by atoms with Crippen LogP contribution < -0.4 is 4.74 Å². The number of benzene rings is 6. The summed E-state index contributed by atoms with van der Waals surface area (Å²) in [7, 11) is 0. The highest BCUT2D eigenvalue weighted by Crippen LogP contribution is 2.62. The first-order valence-corrected chi connectivity index (χ1v) is 16.8. The molecular formula is C45H30N2O2. The van der Waals surface area contributed by atoms with Gasteiger partial charge in [0.05, 0.1) is 16.8 Å². The predicted molar refractivity (Wildman–Crippen MR) is 193 cm³/mol. The molecule has 1 unspecified atom stereocenters. The molecule has 0 amide bonds. The fraction of sp³-hybridized carbons (Fsp3) is 0.0667. The van der Waals surface area contributed by atoms with E-state index in [0.717, 1.165) is 56.5 Å². The van der Waals surface area contributed by atoms with Crippen molar-refractivity contribution in [3.05, 3.63) is 197 Å².